The van der Waals surface area contributed by atoms with Crippen molar-refractivity contribution < 1.29 is 75.2 Å². The van der Waals surface area contributed by atoms with Crippen LogP contribution in [0, 0.1) is 0 Å². The molecule has 0 aromatic carbocycles. The average Bonchev–Trinajstić information content (AvgIpc) is 0. The summed E-state index contributed by atoms with van der Waals surface area (Å²) >= 11 is 0. The van der Waals surface area contributed by atoms with E-state index in [4.69, 9.17) is 0 Å². The zero-order valence-corrected chi connectivity index (χ0v) is 8.83. The maximum atomic E-state index is 0. The zero-order valence-electron chi connectivity index (χ0n) is 2.14. The minimum Gasteiger partial charge on any atom is -3.00 e. The summed E-state index contributed by atoms with van der Waals surface area (Å²) in [7, 11) is 0. The predicted octanol–water partition coefficient (Wildman–Crippen LogP) is -2.14. The van der Waals surface area contributed by atoms with Crippen molar-refractivity contribution in [1.29, 1.82) is 0 Å². The number of hydrogen-bond acceptors (Lipinski definition) is 0. The predicted molar refractivity (Wildman–Crippen MR) is 14.3 cm³/mol. The Morgan fingerprint density at radius 2 is 0.667 bits per heavy atom. The fourth-order valence-corrected chi connectivity index (χ4v) is 0. The molecular formula is Cu3IPS. The molecule has 0 rings (SSSR count). The summed E-state index contributed by atoms with van der Waals surface area (Å²) in [6.07, 6.45) is 0. The fourth-order valence-electron chi connectivity index (χ4n) is 0. The first-order valence-corrected chi connectivity index (χ1v) is 0. The van der Waals surface area contributed by atoms with Gasteiger partial charge in [0.2, 0.25) is 0 Å². The molecule has 0 aliphatic carbocycles. The van der Waals surface area contributed by atoms with Gasteiger partial charge in [0.05, 0.1) is 0 Å². The topological polar surface area (TPSA) is 0 Å². The van der Waals surface area contributed by atoms with Gasteiger partial charge in [0.1, 0.15) is 0 Å². The van der Waals surface area contributed by atoms with Crippen LogP contribution in [-0.4, -0.2) is 0 Å². The molecule has 0 atom stereocenters. The van der Waals surface area contributed by atoms with Crippen LogP contribution >= 0.6 is 9.90 Å². The van der Waals surface area contributed by atoms with Crippen molar-refractivity contribution >= 4 is 23.4 Å². The molecule has 0 aromatic heterocycles. The molecule has 51 valence electrons. The molecule has 0 amide bonds. The summed E-state index contributed by atoms with van der Waals surface area (Å²) in [4.78, 5) is 0. The van der Waals surface area contributed by atoms with Crippen LogP contribution in [0.5, 0.6) is 0 Å². The Kier molecular flexibility index (Phi) is 447. The van der Waals surface area contributed by atoms with Crippen LogP contribution in [0.2, 0.25) is 0 Å². The minimum atomic E-state index is 0. The molecule has 0 aliphatic rings. The Morgan fingerprint density at radius 3 is 0.667 bits per heavy atom. The molecule has 6 heteroatoms. The molecule has 0 saturated carbocycles. The van der Waals surface area contributed by atoms with Crippen LogP contribution < -0.4 is 24.0 Å². The van der Waals surface area contributed by atoms with Gasteiger partial charge in [0.25, 0.3) is 0 Å². The zero-order chi connectivity index (χ0) is 0. The molecule has 0 aliphatic heterocycles. The quantitative estimate of drug-likeness (QED) is 0.256. The van der Waals surface area contributed by atoms with Gasteiger partial charge in [-0.1, -0.05) is 0 Å². The molecule has 0 nitrogen and oxygen atoms in total. The van der Waals surface area contributed by atoms with Crippen molar-refractivity contribution in [3.63, 3.8) is 0 Å². The summed E-state index contributed by atoms with van der Waals surface area (Å²) in [5, 5.41) is 0. The average molecular weight is 381 g/mol. The van der Waals surface area contributed by atoms with Crippen molar-refractivity contribution in [2.24, 2.45) is 0 Å². The number of hydrogen-bond donors (Lipinski definition) is 0. The molecule has 0 N–H and O–H groups in total. The van der Waals surface area contributed by atoms with Crippen LogP contribution in [0.1, 0.15) is 0 Å². The van der Waals surface area contributed by atoms with Crippen molar-refractivity contribution in [3.8, 4) is 0 Å². The molecule has 3 radical (unpaired) electrons. The van der Waals surface area contributed by atoms with Gasteiger partial charge in [-0.05, 0) is 0 Å². The molecule has 0 heterocycles. The molecular weight excluding hydrogens is 381 g/mol. The summed E-state index contributed by atoms with van der Waals surface area (Å²) in [6, 6.07) is 0. The smallest absolute Gasteiger partial charge is 2.00 e. The Labute approximate surface area is 97.2 Å². The molecule has 0 fully saturated rings. The number of rotatable bonds is 0. The van der Waals surface area contributed by atoms with E-state index in [-0.39, 0.29) is 98.6 Å². The van der Waals surface area contributed by atoms with E-state index in [0.717, 1.165) is 0 Å². The summed E-state index contributed by atoms with van der Waals surface area (Å²) in [5.41, 5.74) is 0. The van der Waals surface area contributed by atoms with E-state index in [0.29, 0.717) is 0 Å². The van der Waals surface area contributed by atoms with Gasteiger partial charge in [-0.3, -0.25) is 0 Å². The van der Waals surface area contributed by atoms with Gasteiger partial charge in [-0.25, -0.2) is 0 Å². The third kappa shape index (κ3) is 27.6. The molecule has 0 spiro atoms. The first-order chi connectivity index (χ1) is 0. The second kappa shape index (κ2) is 42.8. The monoisotopic (exact) mass is 379 g/mol. The van der Waals surface area contributed by atoms with Gasteiger partial charge in [-0.15, -0.1) is 0 Å². The van der Waals surface area contributed by atoms with E-state index in [1.807, 2.05) is 0 Å². The van der Waals surface area contributed by atoms with Crippen LogP contribution in [0.4, 0.5) is 0 Å². The first kappa shape index (κ1) is 62.7. The van der Waals surface area contributed by atoms with E-state index in [1.54, 1.807) is 0 Å². The van der Waals surface area contributed by atoms with Gasteiger partial charge in [0, 0.05) is 0 Å². The van der Waals surface area contributed by atoms with Crippen LogP contribution in [0.15, 0.2) is 0 Å². The third-order valence-electron chi connectivity index (χ3n) is 0. The van der Waals surface area contributed by atoms with E-state index >= 15 is 0 Å². The van der Waals surface area contributed by atoms with Crippen molar-refractivity contribution in [3.05, 3.63) is 0 Å². The molecule has 0 saturated heterocycles. The second-order valence-corrected chi connectivity index (χ2v) is 0. The second-order valence-electron chi connectivity index (χ2n) is 0. The van der Waals surface area contributed by atoms with E-state index in [1.165, 1.54) is 0 Å². The van der Waals surface area contributed by atoms with Crippen LogP contribution in [0.3, 0.4) is 0 Å². The van der Waals surface area contributed by atoms with Gasteiger partial charge >= 0.3 is 51.2 Å². The number of halogens is 1. The van der Waals surface area contributed by atoms with Crippen LogP contribution in [-0.2, 0) is 64.7 Å². The Hall–Kier alpha value is 3.07. The summed E-state index contributed by atoms with van der Waals surface area (Å²) in [5.74, 6) is 0. The Morgan fingerprint density at radius 1 is 0.667 bits per heavy atom. The van der Waals surface area contributed by atoms with Gasteiger partial charge < -0.3 is 47.4 Å². The van der Waals surface area contributed by atoms with Crippen LogP contribution in [0.25, 0.3) is 0 Å². The van der Waals surface area contributed by atoms with Gasteiger partial charge in [0.15, 0.2) is 0 Å². The molecule has 6 heavy (non-hydrogen) atoms. The fraction of sp³-hybridized carbons (Fsp3) is 0. The molecule has 0 bridgehead atoms. The Bertz CT molecular complexity index is 10.8. The Balaban J connectivity index is 0. The standard InChI is InChI=1S/3Cu.HI.P.S/h;;;1H;;/q3*+2;;-3;-2/p-1. The normalized spacial score (nSPS) is 0. The van der Waals surface area contributed by atoms with Gasteiger partial charge in [-0.2, -0.15) is 0 Å². The van der Waals surface area contributed by atoms with Crippen molar-refractivity contribution in [2.75, 3.05) is 0 Å². The van der Waals surface area contributed by atoms with E-state index < -0.39 is 0 Å². The van der Waals surface area contributed by atoms with E-state index in [9.17, 15) is 0 Å². The summed E-state index contributed by atoms with van der Waals surface area (Å²) < 4.78 is 0. The molecule has 0 unspecified atom stereocenters. The largest absolute Gasteiger partial charge is 3.00 e. The maximum Gasteiger partial charge on any atom is 2.00 e. The SMILES string of the molecule is [Cu+2].[Cu+2].[Cu+2].[I-].[P-3].[S-2]. The minimum absolute atomic E-state index is 0. The maximum absolute atomic E-state index is 0. The third-order valence-corrected chi connectivity index (χ3v) is 0. The van der Waals surface area contributed by atoms with Crippen molar-refractivity contribution in [1.82, 2.24) is 0 Å². The first-order valence-electron chi connectivity index (χ1n) is 0. The van der Waals surface area contributed by atoms with Crippen molar-refractivity contribution in [2.45, 2.75) is 0 Å². The molecule has 0 aromatic rings. The summed E-state index contributed by atoms with van der Waals surface area (Å²) in [6.45, 7) is 0. The van der Waals surface area contributed by atoms with E-state index in [2.05, 4.69) is 0 Å².